The Morgan fingerprint density at radius 3 is 2.53 bits per heavy atom. The summed E-state index contributed by atoms with van der Waals surface area (Å²) in [5.74, 6) is 0.889. The van der Waals surface area contributed by atoms with Gasteiger partial charge in [-0.3, -0.25) is 5.10 Å². The van der Waals surface area contributed by atoms with Gasteiger partial charge < -0.3 is 10.1 Å². The van der Waals surface area contributed by atoms with Crippen LogP contribution in [-0.4, -0.2) is 17.3 Å². The second-order valence-electron chi connectivity index (χ2n) is 4.63. The highest BCUT2D eigenvalue weighted by atomic mass is 16.5. The highest BCUT2D eigenvalue weighted by Gasteiger charge is 2.14. The Morgan fingerprint density at radius 2 is 2.00 bits per heavy atom. The lowest BCUT2D eigenvalue weighted by Gasteiger charge is -2.22. The van der Waals surface area contributed by atoms with Crippen LogP contribution < -0.4 is 10.1 Å². The minimum absolute atomic E-state index is 0.245. The number of aromatic amines is 1. The van der Waals surface area contributed by atoms with Gasteiger partial charge in [-0.05, 0) is 37.1 Å². The molecule has 0 aliphatic heterocycles. The highest BCUT2D eigenvalue weighted by Crippen LogP contribution is 2.23. The van der Waals surface area contributed by atoms with Crippen molar-refractivity contribution < 1.29 is 4.74 Å². The van der Waals surface area contributed by atoms with Crippen molar-refractivity contribution in [2.45, 2.75) is 32.4 Å². The summed E-state index contributed by atoms with van der Waals surface area (Å²) in [6.07, 6.45) is 2.81. The fourth-order valence-corrected chi connectivity index (χ4v) is 2.19. The van der Waals surface area contributed by atoms with Crippen molar-refractivity contribution in [3.8, 4) is 5.75 Å². The zero-order valence-electron chi connectivity index (χ0n) is 11.7. The number of H-pyrrole nitrogens is 1. The molecule has 19 heavy (non-hydrogen) atoms. The van der Waals surface area contributed by atoms with E-state index in [0.717, 1.165) is 17.9 Å². The van der Waals surface area contributed by atoms with Gasteiger partial charge in [0.1, 0.15) is 5.75 Å². The molecule has 0 spiro atoms. The van der Waals surface area contributed by atoms with Gasteiger partial charge in [0.05, 0.1) is 12.8 Å². The molecule has 0 bridgehead atoms. The van der Waals surface area contributed by atoms with Crippen LogP contribution >= 0.6 is 0 Å². The predicted molar refractivity (Wildman–Crippen MR) is 76.2 cm³/mol. The molecule has 0 radical (unpaired) electrons. The summed E-state index contributed by atoms with van der Waals surface area (Å²) in [6.45, 7) is 4.32. The number of hydrogen-bond donors (Lipinski definition) is 2. The molecule has 1 aromatic heterocycles. The molecule has 0 aliphatic carbocycles. The number of nitrogens with one attached hydrogen (secondary N) is 2. The molecule has 2 N–H and O–H groups in total. The molecule has 0 aliphatic rings. The van der Waals surface area contributed by atoms with Crippen molar-refractivity contribution in [3.63, 3.8) is 0 Å². The van der Waals surface area contributed by atoms with E-state index in [-0.39, 0.29) is 6.04 Å². The van der Waals surface area contributed by atoms with Crippen molar-refractivity contribution >= 4 is 0 Å². The molecule has 1 aromatic carbocycles. The van der Waals surface area contributed by atoms with E-state index >= 15 is 0 Å². The molecular weight excluding hydrogens is 238 g/mol. The van der Waals surface area contributed by atoms with Gasteiger partial charge in [0.25, 0.3) is 0 Å². The van der Waals surface area contributed by atoms with Crippen LogP contribution in [0.5, 0.6) is 5.75 Å². The second-order valence-corrected chi connectivity index (χ2v) is 4.63. The van der Waals surface area contributed by atoms with Crippen LogP contribution in [0.4, 0.5) is 0 Å². The standard InChI is InChI=1S/C15H21N3O/c1-4-14(12-5-7-13(19-3)8-6-12)17-11(2)15-9-10-16-18-15/h5-11,14,17H,4H2,1-3H3,(H,16,18). The summed E-state index contributed by atoms with van der Waals surface area (Å²) < 4.78 is 5.19. The van der Waals surface area contributed by atoms with Gasteiger partial charge in [0.15, 0.2) is 0 Å². The average Bonchev–Trinajstić information content (AvgIpc) is 2.99. The average molecular weight is 259 g/mol. The summed E-state index contributed by atoms with van der Waals surface area (Å²) in [5, 5.41) is 10.6. The molecule has 4 nitrogen and oxygen atoms in total. The summed E-state index contributed by atoms with van der Waals surface area (Å²) in [5.41, 5.74) is 2.38. The number of aromatic nitrogens is 2. The Bertz CT molecular complexity index is 479. The van der Waals surface area contributed by atoms with E-state index in [0.29, 0.717) is 6.04 Å². The summed E-state index contributed by atoms with van der Waals surface area (Å²) >= 11 is 0. The first-order valence-corrected chi connectivity index (χ1v) is 6.63. The maximum Gasteiger partial charge on any atom is 0.118 e. The molecule has 0 fully saturated rings. The maximum absolute atomic E-state index is 5.19. The lowest BCUT2D eigenvalue weighted by molar-refractivity contribution is 0.413. The molecule has 4 heteroatoms. The molecule has 2 rings (SSSR count). The first kappa shape index (κ1) is 13.6. The second kappa shape index (κ2) is 6.38. The summed E-state index contributed by atoms with van der Waals surface area (Å²) in [7, 11) is 1.69. The van der Waals surface area contributed by atoms with E-state index in [9.17, 15) is 0 Å². The van der Waals surface area contributed by atoms with Gasteiger partial charge in [-0.1, -0.05) is 19.1 Å². The number of rotatable bonds is 6. The van der Waals surface area contributed by atoms with Crippen LogP contribution in [-0.2, 0) is 0 Å². The fourth-order valence-electron chi connectivity index (χ4n) is 2.19. The van der Waals surface area contributed by atoms with Crippen LogP contribution in [0.2, 0.25) is 0 Å². The smallest absolute Gasteiger partial charge is 0.118 e. The van der Waals surface area contributed by atoms with Crippen LogP contribution in [0.25, 0.3) is 0 Å². The van der Waals surface area contributed by atoms with Gasteiger partial charge >= 0.3 is 0 Å². The monoisotopic (exact) mass is 259 g/mol. The fraction of sp³-hybridized carbons (Fsp3) is 0.400. The van der Waals surface area contributed by atoms with E-state index in [1.807, 2.05) is 18.2 Å². The number of methoxy groups -OCH3 is 1. The molecular formula is C15H21N3O. The minimum Gasteiger partial charge on any atom is -0.497 e. The Hall–Kier alpha value is -1.81. The van der Waals surface area contributed by atoms with E-state index in [2.05, 4.69) is 41.5 Å². The third kappa shape index (κ3) is 3.35. The Balaban J connectivity index is 2.06. The number of benzene rings is 1. The summed E-state index contributed by atoms with van der Waals surface area (Å²) in [4.78, 5) is 0. The van der Waals surface area contributed by atoms with Crippen LogP contribution in [0.1, 0.15) is 43.6 Å². The number of hydrogen-bond acceptors (Lipinski definition) is 3. The molecule has 0 amide bonds. The van der Waals surface area contributed by atoms with Gasteiger partial charge in [0, 0.05) is 18.3 Å². The SMILES string of the molecule is CCC(NC(C)c1ccn[nH]1)c1ccc(OC)cc1. The van der Waals surface area contributed by atoms with Crippen LogP contribution in [0, 0.1) is 0 Å². The van der Waals surface area contributed by atoms with Gasteiger partial charge in [0.2, 0.25) is 0 Å². The Labute approximate surface area is 114 Å². The van der Waals surface area contributed by atoms with Gasteiger partial charge in [-0.2, -0.15) is 5.10 Å². The largest absolute Gasteiger partial charge is 0.497 e. The third-order valence-electron chi connectivity index (χ3n) is 3.37. The maximum atomic E-state index is 5.19. The predicted octanol–water partition coefficient (Wildman–Crippen LogP) is 3.22. The van der Waals surface area contributed by atoms with Gasteiger partial charge in [-0.15, -0.1) is 0 Å². The summed E-state index contributed by atoms with van der Waals surface area (Å²) in [6, 6.07) is 10.8. The zero-order chi connectivity index (χ0) is 13.7. The molecule has 2 atom stereocenters. The zero-order valence-corrected chi connectivity index (χ0v) is 11.7. The third-order valence-corrected chi connectivity index (χ3v) is 3.37. The quantitative estimate of drug-likeness (QED) is 0.837. The van der Waals surface area contributed by atoms with E-state index in [1.54, 1.807) is 13.3 Å². The Morgan fingerprint density at radius 1 is 1.26 bits per heavy atom. The van der Waals surface area contributed by atoms with Gasteiger partial charge in [-0.25, -0.2) is 0 Å². The molecule has 2 aromatic rings. The van der Waals surface area contributed by atoms with E-state index < -0.39 is 0 Å². The lowest BCUT2D eigenvalue weighted by Crippen LogP contribution is -2.24. The number of nitrogens with zero attached hydrogens (tertiary/aromatic N) is 1. The molecule has 1 heterocycles. The first-order valence-electron chi connectivity index (χ1n) is 6.63. The Kier molecular flexibility index (Phi) is 4.58. The van der Waals surface area contributed by atoms with E-state index in [4.69, 9.17) is 4.74 Å². The van der Waals surface area contributed by atoms with Crippen molar-refractivity contribution in [1.29, 1.82) is 0 Å². The van der Waals surface area contributed by atoms with Crippen molar-refractivity contribution in [2.75, 3.05) is 7.11 Å². The van der Waals surface area contributed by atoms with Crippen molar-refractivity contribution in [1.82, 2.24) is 15.5 Å². The van der Waals surface area contributed by atoms with Crippen LogP contribution in [0.15, 0.2) is 36.5 Å². The normalized spacial score (nSPS) is 14.1. The lowest BCUT2D eigenvalue weighted by atomic mass is 10.0. The van der Waals surface area contributed by atoms with E-state index in [1.165, 1.54) is 5.56 Å². The highest BCUT2D eigenvalue weighted by molar-refractivity contribution is 5.29. The van der Waals surface area contributed by atoms with Crippen molar-refractivity contribution in [2.24, 2.45) is 0 Å². The topological polar surface area (TPSA) is 49.9 Å². The van der Waals surface area contributed by atoms with Crippen LogP contribution in [0.3, 0.4) is 0 Å². The molecule has 102 valence electrons. The van der Waals surface area contributed by atoms with Crippen molar-refractivity contribution in [3.05, 3.63) is 47.8 Å². The molecule has 2 unspecified atom stereocenters. The first-order chi connectivity index (χ1) is 9.24. The minimum atomic E-state index is 0.245. The number of ether oxygens (including phenoxy) is 1. The molecule has 0 saturated heterocycles. The molecule has 0 saturated carbocycles.